The number of aromatic nitrogens is 2. The monoisotopic (exact) mass is 569 g/mol. The fourth-order valence-electron chi connectivity index (χ4n) is 4.37. The molecule has 1 fully saturated rings. The molecule has 3 heterocycles. The number of nitrogens with zero attached hydrogens (tertiary/aromatic N) is 3. The van der Waals surface area contributed by atoms with E-state index < -0.39 is 23.9 Å². The van der Waals surface area contributed by atoms with Gasteiger partial charge in [-0.2, -0.15) is 13.2 Å². The van der Waals surface area contributed by atoms with Gasteiger partial charge in [0.05, 0.1) is 17.7 Å². The van der Waals surface area contributed by atoms with Crippen LogP contribution in [0.15, 0.2) is 73.1 Å². The molecule has 0 N–H and O–H groups in total. The highest BCUT2D eigenvalue weighted by atomic mass is 19.4. The molecule has 12 heteroatoms. The molecule has 41 heavy (non-hydrogen) atoms. The summed E-state index contributed by atoms with van der Waals surface area (Å²) in [6, 6.07) is 15.4. The molecule has 9 nitrogen and oxygen atoms in total. The lowest BCUT2D eigenvalue weighted by Crippen LogP contribution is -2.43. The van der Waals surface area contributed by atoms with Crippen molar-refractivity contribution in [2.24, 2.45) is 0 Å². The zero-order chi connectivity index (χ0) is 29.0. The molecule has 0 spiro atoms. The molecule has 1 aliphatic heterocycles. The first-order chi connectivity index (χ1) is 19.7. The maximum Gasteiger partial charge on any atom is 0.418 e. The summed E-state index contributed by atoms with van der Waals surface area (Å²) in [5, 5.41) is 0.851. The largest absolute Gasteiger partial charge is 0.490 e. The number of benzene rings is 2. The first-order valence-corrected chi connectivity index (χ1v) is 12.9. The van der Waals surface area contributed by atoms with Crippen molar-refractivity contribution >= 4 is 23.1 Å². The number of carbonyl (C=O) groups excluding carboxylic acids is 2. The summed E-state index contributed by atoms with van der Waals surface area (Å²) >= 11 is 0. The Kier molecular flexibility index (Phi) is 7.99. The number of alkyl halides is 3. The Labute approximate surface area is 233 Å². The van der Waals surface area contributed by atoms with Crippen molar-refractivity contribution in [2.45, 2.75) is 32.0 Å². The van der Waals surface area contributed by atoms with Gasteiger partial charge in [0.1, 0.15) is 23.4 Å². The molecule has 1 saturated heterocycles. The van der Waals surface area contributed by atoms with Crippen LogP contribution in [0.1, 0.15) is 25.3 Å². The Hall–Kier alpha value is -4.74. The summed E-state index contributed by atoms with van der Waals surface area (Å²) in [5.74, 6) is 1.30. The van der Waals surface area contributed by atoms with E-state index in [-0.39, 0.29) is 12.0 Å². The van der Waals surface area contributed by atoms with E-state index in [0.717, 1.165) is 23.0 Å². The van der Waals surface area contributed by atoms with Crippen molar-refractivity contribution in [3.05, 3.63) is 78.6 Å². The molecule has 0 bridgehead atoms. The number of ether oxygens (including phenoxy) is 4. The zero-order valence-electron chi connectivity index (χ0n) is 22.0. The Morgan fingerprint density at radius 2 is 1.63 bits per heavy atom. The van der Waals surface area contributed by atoms with Crippen molar-refractivity contribution in [1.29, 1.82) is 0 Å². The number of hydrogen-bond acceptors (Lipinski definition) is 7. The van der Waals surface area contributed by atoms with Gasteiger partial charge in [0, 0.05) is 49.8 Å². The zero-order valence-corrected chi connectivity index (χ0v) is 22.0. The number of pyridine rings is 1. The topological polar surface area (TPSA) is 92.1 Å². The normalized spacial score (nSPS) is 14.1. The molecule has 2 aromatic heterocycles. The van der Waals surface area contributed by atoms with Gasteiger partial charge in [-0.05, 0) is 61.5 Å². The number of halogens is 3. The van der Waals surface area contributed by atoms with Crippen molar-refractivity contribution in [2.75, 3.05) is 19.7 Å². The summed E-state index contributed by atoms with van der Waals surface area (Å²) in [4.78, 5) is 30.0. The molecule has 0 saturated carbocycles. The van der Waals surface area contributed by atoms with E-state index in [2.05, 4.69) is 4.98 Å². The van der Waals surface area contributed by atoms with Gasteiger partial charge < -0.3 is 23.8 Å². The Balaban J connectivity index is 1.09. The summed E-state index contributed by atoms with van der Waals surface area (Å²) in [6.07, 6.45) is -1.90. The highest BCUT2D eigenvalue weighted by Crippen LogP contribution is 2.31. The number of piperidine rings is 1. The van der Waals surface area contributed by atoms with Crippen LogP contribution >= 0.6 is 0 Å². The molecule has 4 aromatic rings. The molecule has 5 rings (SSSR count). The molecule has 1 amide bonds. The highest BCUT2D eigenvalue weighted by molar-refractivity contribution is 5.90. The van der Waals surface area contributed by atoms with Crippen LogP contribution in [0.25, 0.3) is 10.9 Å². The number of carbonyl (C=O) groups is 2. The number of fused-ring (bicyclic) bond motifs is 1. The first-order valence-electron chi connectivity index (χ1n) is 12.9. The SMILES string of the molecule is CCOC(=O)n1ccc2cc(OC3CCN(C(=O)Oc4ccc(Oc5ccc(C(F)(F)F)cn5)cc4)CC3)ccc21. The van der Waals surface area contributed by atoms with Crippen molar-refractivity contribution in [3.8, 4) is 23.1 Å². The minimum atomic E-state index is -4.48. The van der Waals surface area contributed by atoms with Gasteiger partial charge in [-0.25, -0.2) is 14.6 Å². The number of likely N-dealkylation sites (tertiary alicyclic amines) is 1. The van der Waals surface area contributed by atoms with Crippen LogP contribution in [0.2, 0.25) is 0 Å². The minimum Gasteiger partial charge on any atom is -0.490 e. The van der Waals surface area contributed by atoms with Crippen LogP contribution in [-0.2, 0) is 10.9 Å². The van der Waals surface area contributed by atoms with E-state index >= 15 is 0 Å². The fourth-order valence-corrected chi connectivity index (χ4v) is 4.37. The maximum absolute atomic E-state index is 12.7. The second kappa shape index (κ2) is 11.8. The van der Waals surface area contributed by atoms with Crippen molar-refractivity contribution < 1.29 is 41.7 Å². The van der Waals surface area contributed by atoms with Crippen LogP contribution in [0.3, 0.4) is 0 Å². The van der Waals surface area contributed by atoms with Crippen molar-refractivity contribution in [1.82, 2.24) is 14.5 Å². The molecule has 2 aromatic carbocycles. The summed E-state index contributed by atoms with van der Waals surface area (Å²) in [6.45, 7) is 2.94. The lowest BCUT2D eigenvalue weighted by atomic mass is 10.1. The Morgan fingerprint density at radius 3 is 2.29 bits per heavy atom. The number of amides is 1. The standard InChI is InChI=1S/C29H26F3N3O6/c1-2-38-28(37)35-16-11-19-17-24(8-9-25(19)35)39-23-12-14-34(15-13-23)27(36)41-22-6-4-21(5-7-22)40-26-10-3-20(18-33-26)29(30,31)32/h3-11,16-18,23H,2,12-15H2,1H3. The van der Waals surface area contributed by atoms with E-state index in [1.807, 2.05) is 18.2 Å². The second-order valence-electron chi connectivity index (χ2n) is 9.23. The Bertz CT molecular complexity index is 1510. The molecular weight excluding hydrogens is 543 g/mol. The quantitative estimate of drug-likeness (QED) is 0.250. The van der Waals surface area contributed by atoms with E-state index in [0.29, 0.717) is 56.0 Å². The molecule has 0 unspecified atom stereocenters. The molecule has 214 valence electrons. The third-order valence-corrected chi connectivity index (χ3v) is 6.44. The lowest BCUT2D eigenvalue weighted by Gasteiger charge is -2.31. The van der Waals surface area contributed by atoms with Crippen LogP contribution < -0.4 is 14.2 Å². The van der Waals surface area contributed by atoms with Gasteiger partial charge in [0.15, 0.2) is 0 Å². The van der Waals surface area contributed by atoms with Crippen molar-refractivity contribution in [3.63, 3.8) is 0 Å². The fraction of sp³-hybridized carbons (Fsp3) is 0.276. The summed E-state index contributed by atoms with van der Waals surface area (Å²) in [7, 11) is 0. The van der Waals surface area contributed by atoms with E-state index in [4.69, 9.17) is 18.9 Å². The lowest BCUT2D eigenvalue weighted by molar-refractivity contribution is -0.137. The molecule has 0 aliphatic carbocycles. The molecule has 0 radical (unpaired) electrons. The smallest absolute Gasteiger partial charge is 0.418 e. The minimum absolute atomic E-state index is 0.00263. The predicted molar refractivity (Wildman–Crippen MR) is 141 cm³/mol. The van der Waals surface area contributed by atoms with Crippen LogP contribution in [0, 0.1) is 0 Å². The summed E-state index contributed by atoms with van der Waals surface area (Å²) < 4.78 is 61.6. The second-order valence-corrected chi connectivity index (χ2v) is 9.23. The van der Waals surface area contributed by atoms with Gasteiger partial charge >= 0.3 is 18.4 Å². The van der Waals surface area contributed by atoms with Gasteiger partial charge in [0.2, 0.25) is 5.88 Å². The van der Waals surface area contributed by atoms with Gasteiger partial charge in [-0.1, -0.05) is 0 Å². The predicted octanol–water partition coefficient (Wildman–Crippen LogP) is 6.89. The summed E-state index contributed by atoms with van der Waals surface area (Å²) in [5.41, 5.74) is -0.142. The van der Waals surface area contributed by atoms with Crippen LogP contribution in [0.5, 0.6) is 23.1 Å². The van der Waals surface area contributed by atoms with E-state index in [9.17, 15) is 22.8 Å². The first kappa shape index (κ1) is 27.8. The molecule has 1 aliphatic rings. The third-order valence-electron chi connectivity index (χ3n) is 6.44. The highest BCUT2D eigenvalue weighted by Gasteiger charge is 2.31. The van der Waals surface area contributed by atoms with E-state index in [1.165, 1.54) is 28.8 Å². The van der Waals surface area contributed by atoms with E-state index in [1.54, 1.807) is 24.1 Å². The molecule has 0 atom stereocenters. The van der Waals surface area contributed by atoms with Gasteiger partial charge in [0.25, 0.3) is 0 Å². The number of rotatable bonds is 6. The number of hydrogen-bond donors (Lipinski definition) is 0. The maximum atomic E-state index is 12.7. The third kappa shape index (κ3) is 6.71. The average molecular weight is 570 g/mol. The van der Waals surface area contributed by atoms with Gasteiger partial charge in [-0.15, -0.1) is 0 Å². The van der Waals surface area contributed by atoms with Crippen LogP contribution in [-0.4, -0.2) is 52.4 Å². The molecular formula is C29H26F3N3O6. The van der Waals surface area contributed by atoms with Crippen LogP contribution in [0.4, 0.5) is 22.8 Å². The Morgan fingerprint density at radius 1 is 0.927 bits per heavy atom. The van der Waals surface area contributed by atoms with Gasteiger partial charge in [-0.3, -0.25) is 4.57 Å². The average Bonchev–Trinajstić information content (AvgIpc) is 3.38.